The van der Waals surface area contributed by atoms with Crippen molar-refractivity contribution < 1.29 is 13.9 Å². The van der Waals surface area contributed by atoms with Gasteiger partial charge in [-0.05, 0) is 18.8 Å². The molecule has 1 saturated heterocycles. The highest BCUT2D eigenvalue weighted by Gasteiger charge is 2.36. The van der Waals surface area contributed by atoms with E-state index in [1.165, 1.54) is 12.1 Å². The van der Waals surface area contributed by atoms with Gasteiger partial charge in [-0.15, -0.1) is 0 Å². The Morgan fingerprint density at radius 1 is 1.32 bits per heavy atom. The van der Waals surface area contributed by atoms with Gasteiger partial charge >= 0.3 is 0 Å². The van der Waals surface area contributed by atoms with Crippen LogP contribution in [0, 0.1) is 5.92 Å². The number of alkyl halides is 2. The van der Waals surface area contributed by atoms with Crippen molar-refractivity contribution in [3.63, 3.8) is 0 Å². The Morgan fingerprint density at radius 3 is 2.63 bits per heavy atom. The number of rotatable bonds is 4. The van der Waals surface area contributed by atoms with E-state index < -0.39 is 5.92 Å². The number of aliphatic hydroxyl groups is 1. The van der Waals surface area contributed by atoms with E-state index in [-0.39, 0.29) is 24.1 Å². The second-order valence-corrected chi connectivity index (χ2v) is 5.33. The van der Waals surface area contributed by atoms with Crippen molar-refractivity contribution in [3.05, 3.63) is 35.9 Å². The molecule has 0 aliphatic carbocycles. The van der Waals surface area contributed by atoms with Gasteiger partial charge < -0.3 is 5.11 Å². The highest BCUT2D eigenvalue weighted by molar-refractivity contribution is 5.20. The van der Waals surface area contributed by atoms with Gasteiger partial charge in [0.2, 0.25) is 0 Å². The Kier molecular flexibility index (Phi) is 4.53. The van der Waals surface area contributed by atoms with Gasteiger partial charge in [0, 0.05) is 18.7 Å². The van der Waals surface area contributed by atoms with Gasteiger partial charge in [0.05, 0.1) is 12.6 Å². The summed E-state index contributed by atoms with van der Waals surface area (Å²) in [5.41, 5.74) is 0.0640. The van der Waals surface area contributed by atoms with E-state index >= 15 is 0 Å². The van der Waals surface area contributed by atoms with Crippen molar-refractivity contribution >= 4 is 0 Å². The minimum Gasteiger partial charge on any atom is -0.393 e. The summed E-state index contributed by atoms with van der Waals surface area (Å²) < 4.78 is 28.3. The highest BCUT2D eigenvalue weighted by Crippen LogP contribution is 2.31. The van der Waals surface area contributed by atoms with Crippen LogP contribution < -0.4 is 0 Å². The molecule has 2 rings (SSSR count). The number of hydrogen-bond acceptors (Lipinski definition) is 2. The van der Waals surface area contributed by atoms with Gasteiger partial charge in [-0.25, -0.2) is 0 Å². The molecule has 1 aromatic carbocycles. The number of halogens is 2. The number of aliphatic hydroxyl groups excluding tert-OH is 1. The van der Waals surface area contributed by atoms with Crippen molar-refractivity contribution in [3.8, 4) is 0 Å². The fraction of sp³-hybridized carbons (Fsp3) is 0.600. The zero-order valence-electron chi connectivity index (χ0n) is 11.2. The molecule has 2 unspecified atom stereocenters. The van der Waals surface area contributed by atoms with E-state index in [4.69, 9.17) is 0 Å². The SMILES string of the molecule is CCC1CN(CC(F)(F)c2ccccc2)CCC1O. The summed E-state index contributed by atoms with van der Waals surface area (Å²) in [6.07, 6.45) is 1.07. The Morgan fingerprint density at radius 2 is 2.00 bits per heavy atom. The number of benzene rings is 1. The molecule has 0 spiro atoms. The molecular weight excluding hydrogens is 248 g/mol. The average molecular weight is 269 g/mol. The minimum atomic E-state index is -2.83. The highest BCUT2D eigenvalue weighted by atomic mass is 19.3. The van der Waals surface area contributed by atoms with Gasteiger partial charge in [0.25, 0.3) is 5.92 Å². The molecule has 0 radical (unpaired) electrons. The lowest BCUT2D eigenvalue weighted by molar-refractivity contribution is -0.0625. The van der Waals surface area contributed by atoms with Gasteiger partial charge in [-0.2, -0.15) is 8.78 Å². The summed E-state index contributed by atoms with van der Waals surface area (Å²) in [6.45, 7) is 2.83. The first-order chi connectivity index (χ1) is 9.03. The van der Waals surface area contributed by atoms with Crippen LogP contribution in [0.1, 0.15) is 25.3 Å². The molecule has 2 atom stereocenters. The first-order valence-corrected chi connectivity index (χ1v) is 6.86. The van der Waals surface area contributed by atoms with Gasteiger partial charge in [-0.1, -0.05) is 37.3 Å². The van der Waals surface area contributed by atoms with Crippen LogP contribution in [-0.4, -0.2) is 35.7 Å². The number of nitrogens with zero attached hydrogens (tertiary/aromatic N) is 1. The molecule has 1 heterocycles. The molecule has 19 heavy (non-hydrogen) atoms. The molecule has 1 aromatic rings. The van der Waals surface area contributed by atoms with Crippen molar-refractivity contribution in [1.82, 2.24) is 4.90 Å². The average Bonchev–Trinajstić information content (AvgIpc) is 2.42. The molecule has 0 saturated carbocycles. The summed E-state index contributed by atoms with van der Waals surface area (Å²) in [7, 11) is 0. The Bertz CT molecular complexity index is 396. The van der Waals surface area contributed by atoms with E-state index in [1.807, 2.05) is 6.92 Å². The van der Waals surface area contributed by atoms with Gasteiger partial charge in [0.1, 0.15) is 0 Å². The Hall–Kier alpha value is -1.00. The number of likely N-dealkylation sites (tertiary alicyclic amines) is 1. The number of hydrogen-bond donors (Lipinski definition) is 1. The lowest BCUT2D eigenvalue weighted by atomic mass is 9.92. The first kappa shape index (κ1) is 14.4. The fourth-order valence-electron chi connectivity index (χ4n) is 2.69. The summed E-state index contributed by atoms with van der Waals surface area (Å²) in [4.78, 5) is 1.77. The van der Waals surface area contributed by atoms with E-state index in [0.717, 1.165) is 6.42 Å². The Labute approximate surface area is 113 Å². The standard InChI is InChI=1S/C15H21F2NO/c1-2-12-10-18(9-8-14(12)19)11-15(16,17)13-6-4-3-5-7-13/h3-7,12,14,19H,2,8-11H2,1H3. The smallest absolute Gasteiger partial charge is 0.285 e. The van der Waals surface area contributed by atoms with E-state index in [0.29, 0.717) is 19.5 Å². The van der Waals surface area contributed by atoms with E-state index in [2.05, 4.69) is 0 Å². The fourth-order valence-corrected chi connectivity index (χ4v) is 2.69. The molecule has 1 N–H and O–H groups in total. The summed E-state index contributed by atoms with van der Waals surface area (Å²) >= 11 is 0. The zero-order valence-corrected chi connectivity index (χ0v) is 11.2. The molecule has 106 valence electrons. The first-order valence-electron chi connectivity index (χ1n) is 6.86. The number of piperidine rings is 1. The molecule has 0 aromatic heterocycles. The van der Waals surface area contributed by atoms with Gasteiger partial charge in [-0.3, -0.25) is 4.90 Å². The third kappa shape index (κ3) is 3.51. The third-order valence-electron chi connectivity index (χ3n) is 3.92. The molecule has 4 heteroatoms. The molecular formula is C15H21F2NO. The van der Waals surface area contributed by atoms with Crippen LogP contribution in [0.2, 0.25) is 0 Å². The topological polar surface area (TPSA) is 23.5 Å². The molecule has 1 fully saturated rings. The minimum absolute atomic E-state index is 0.0640. The van der Waals surface area contributed by atoms with Crippen LogP contribution in [0.3, 0.4) is 0 Å². The van der Waals surface area contributed by atoms with Crippen LogP contribution in [0.4, 0.5) is 8.78 Å². The second kappa shape index (κ2) is 5.97. The quantitative estimate of drug-likeness (QED) is 0.908. The van der Waals surface area contributed by atoms with Crippen molar-refractivity contribution in [2.24, 2.45) is 5.92 Å². The normalized spacial score (nSPS) is 25.5. The van der Waals surface area contributed by atoms with Crippen LogP contribution in [0.5, 0.6) is 0 Å². The molecule has 2 nitrogen and oxygen atoms in total. The maximum Gasteiger partial charge on any atom is 0.285 e. The van der Waals surface area contributed by atoms with Crippen LogP contribution >= 0.6 is 0 Å². The predicted molar refractivity (Wildman–Crippen MR) is 71.2 cm³/mol. The third-order valence-corrected chi connectivity index (χ3v) is 3.92. The van der Waals surface area contributed by atoms with E-state index in [1.54, 1.807) is 23.1 Å². The molecule has 1 aliphatic heterocycles. The van der Waals surface area contributed by atoms with Crippen LogP contribution in [0.15, 0.2) is 30.3 Å². The van der Waals surface area contributed by atoms with Crippen molar-refractivity contribution in [1.29, 1.82) is 0 Å². The maximum absolute atomic E-state index is 14.2. The molecule has 1 aliphatic rings. The summed E-state index contributed by atoms with van der Waals surface area (Å²) in [5, 5.41) is 9.79. The maximum atomic E-state index is 14.2. The lowest BCUT2D eigenvalue weighted by Crippen LogP contribution is -2.46. The summed E-state index contributed by atoms with van der Waals surface area (Å²) in [6, 6.07) is 7.95. The van der Waals surface area contributed by atoms with Gasteiger partial charge in [0.15, 0.2) is 0 Å². The second-order valence-electron chi connectivity index (χ2n) is 5.33. The monoisotopic (exact) mass is 269 g/mol. The summed E-state index contributed by atoms with van der Waals surface area (Å²) in [5.74, 6) is -2.72. The zero-order chi connectivity index (χ0) is 13.9. The van der Waals surface area contributed by atoms with Crippen LogP contribution in [-0.2, 0) is 5.92 Å². The molecule has 0 amide bonds. The lowest BCUT2D eigenvalue weighted by Gasteiger charge is -2.37. The van der Waals surface area contributed by atoms with Crippen molar-refractivity contribution in [2.75, 3.05) is 19.6 Å². The Balaban J connectivity index is 2.01. The van der Waals surface area contributed by atoms with E-state index in [9.17, 15) is 13.9 Å². The van der Waals surface area contributed by atoms with Crippen LogP contribution in [0.25, 0.3) is 0 Å². The largest absolute Gasteiger partial charge is 0.393 e. The molecule has 0 bridgehead atoms. The van der Waals surface area contributed by atoms with Crippen molar-refractivity contribution in [2.45, 2.75) is 31.8 Å². The predicted octanol–water partition coefficient (Wildman–Crippen LogP) is 2.87.